The molecule has 3 rings (SSSR count). The summed E-state index contributed by atoms with van der Waals surface area (Å²) >= 11 is 2.41. The molecule has 1 nitrogen and oxygen atoms in total. The molecular weight excluding hydrogens is 396 g/mol. The fourth-order valence-corrected chi connectivity index (χ4v) is 4.88. The number of nitrogens with zero attached hydrogens (tertiary/aromatic N) is 1. The van der Waals surface area contributed by atoms with E-state index in [1.54, 1.807) is 0 Å². The van der Waals surface area contributed by atoms with Crippen LogP contribution in [0, 0.1) is 0 Å². The molecule has 1 aliphatic carbocycles. The van der Waals surface area contributed by atoms with Gasteiger partial charge in [0.25, 0.3) is 0 Å². The molecule has 0 amide bonds. The summed E-state index contributed by atoms with van der Waals surface area (Å²) in [4.78, 5) is 2.46. The van der Waals surface area contributed by atoms with Gasteiger partial charge in [0.05, 0.1) is 0 Å². The van der Waals surface area contributed by atoms with Crippen LogP contribution < -0.4 is 42.1 Å². The Kier molecular flexibility index (Phi) is 8.68. The molecular formula is C19H24Cl3NTi. The molecule has 1 heterocycles. The number of anilines is 1. The quantitative estimate of drug-likeness (QED) is 0.414. The summed E-state index contributed by atoms with van der Waals surface area (Å²) in [5, 5.41) is 0. The molecule has 0 N–H and O–H groups in total. The Labute approximate surface area is 177 Å². The number of para-hydroxylation sites is 1. The van der Waals surface area contributed by atoms with E-state index in [-0.39, 0.29) is 40.9 Å². The van der Waals surface area contributed by atoms with Gasteiger partial charge >= 0.3 is 140 Å². The zero-order valence-electron chi connectivity index (χ0n) is 14.9. The minimum atomic E-state index is 0. The Morgan fingerprint density at radius 2 is 1.50 bits per heavy atom. The fourth-order valence-electron chi connectivity index (χ4n) is 3.98. The molecule has 5 heteroatoms. The van der Waals surface area contributed by atoms with Crippen molar-refractivity contribution in [3.05, 3.63) is 51.6 Å². The van der Waals surface area contributed by atoms with Gasteiger partial charge < -0.3 is 37.2 Å². The second-order valence-electron chi connectivity index (χ2n) is 6.59. The van der Waals surface area contributed by atoms with Crippen molar-refractivity contribution in [3.63, 3.8) is 0 Å². The van der Waals surface area contributed by atoms with E-state index >= 15 is 0 Å². The van der Waals surface area contributed by atoms with Crippen LogP contribution in [0.15, 0.2) is 40.5 Å². The van der Waals surface area contributed by atoms with Gasteiger partial charge in [-0.15, -0.1) is 0 Å². The standard InChI is InChI=1S/C19H24N.3ClH.Ti/c1-12-13(2)15(4)18(14(12)3)17-10-6-8-16-9-7-11-20(5)19(16)17;;;;/h6,8,10H,7,9,11H2,1-5H3;3*1H;/q;;;;+3/p-3. The van der Waals surface area contributed by atoms with Crippen LogP contribution in [0.25, 0.3) is 0 Å². The van der Waals surface area contributed by atoms with Crippen molar-refractivity contribution in [2.45, 2.75) is 44.3 Å². The molecule has 0 unspecified atom stereocenters. The van der Waals surface area contributed by atoms with Gasteiger partial charge in [0.1, 0.15) is 0 Å². The number of aryl methyl sites for hydroxylation is 1. The van der Waals surface area contributed by atoms with Crippen LogP contribution >= 0.6 is 0 Å². The summed E-state index contributed by atoms with van der Waals surface area (Å²) in [5.41, 5.74) is 10.5. The second-order valence-corrected chi connectivity index (χ2v) is 7.76. The normalized spacial score (nSPS) is 18.5. The average Bonchev–Trinajstić information content (AvgIpc) is 2.63. The topological polar surface area (TPSA) is 3.24 Å². The Hall–Kier alpha value is 0.0843. The molecule has 0 bridgehead atoms. The zero-order valence-corrected chi connectivity index (χ0v) is 18.8. The number of rotatable bonds is 1. The largest absolute Gasteiger partial charge is 1.00 e. The van der Waals surface area contributed by atoms with Crippen LogP contribution in [0.4, 0.5) is 5.69 Å². The summed E-state index contributed by atoms with van der Waals surface area (Å²) < 4.78 is 0.0606. The average molecular weight is 421 g/mol. The maximum Gasteiger partial charge on any atom is -1.00 e. The molecule has 0 saturated heterocycles. The predicted molar refractivity (Wildman–Crippen MR) is 86.5 cm³/mol. The molecule has 0 radical (unpaired) electrons. The first-order valence-corrected chi connectivity index (χ1v) is 8.62. The third kappa shape index (κ3) is 3.36. The second kappa shape index (κ2) is 8.65. The van der Waals surface area contributed by atoms with Crippen LogP contribution in [-0.4, -0.2) is 13.6 Å². The zero-order chi connectivity index (χ0) is 15.4. The van der Waals surface area contributed by atoms with Crippen molar-refractivity contribution < 1.29 is 57.7 Å². The summed E-state index contributed by atoms with van der Waals surface area (Å²) in [7, 11) is 2.25. The van der Waals surface area contributed by atoms with Gasteiger partial charge in [-0.3, -0.25) is 0 Å². The van der Waals surface area contributed by atoms with Crippen molar-refractivity contribution in [2.75, 3.05) is 18.5 Å². The van der Waals surface area contributed by atoms with E-state index < -0.39 is 0 Å². The summed E-state index contributed by atoms with van der Waals surface area (Å²) in [6, 6.07) is 6.91. The van der Waals surface area contributed by atoms with Crippen LogP contribution in [0.3, 0.4) is 0 Å². The van der Waals surface area contributed by atoms with E-state index in [0.29, 0.717) is 0 Å². The molecule has 0 atom stereocenters. The van der Waals surface area contributed by atoms with Gasteiger partial charge in [-0.1, -0.05) is 0 Å². The van der Waals surface area contributed by atoms with Gasteiger partial charge in [0, 0.05) is 0 Å². The first-order chi connectivity index (χ1) is 9.89. The Morgan fingerprint density at radius 3 is 2.04 bits per heavy atom. The number of hydrogen-bond donors (Lipinski definition) is 0. The molecule has 1 aromatic rings. The van der Waals surface area contributed by atoms with Crippen LogP contribution in [0.1, 0.15) is 45.2 Å². The van der Waals surface area contributed by atoms with E-state index in [1.807, 2.05) is 0 Å². The van der Waals surface area contributed by atoms with Gasteiger partial charge in [-0.2, -0.15) is 0 Å². The maximum atomic E-state index is 2.46. The maximum absolute atomic E-state index is 2.46. The predicted octanol–water partition coefficient (Wildman–Crippen LogP) is -4.49. The molecule has 0 fully saturated rings. The minimum Gasteiger partial charge on any atom is -1.00 e. The number of benzene rings is 1. The van der Waals surface area contributed by atoms with E-state index in [9.17, 15) is 0 Å². The third-order valence-electron chi connectivity index (χ3n) is 5.66. The molecule has 0 spiro atoms. The first kappa shape index (κ1) is 24.1. The van der Waals surface area contributed by atoms with Crippen LogP contribution in [0.5, 0.6) is 0 Å². The number of fused-ring (bicyclic) bond motifs is 1. The molecule has 1 aromatic carbocycles. The Bertz CT molecular complexity index is 655. The van der Waals surface area contributed by atoms with Crippen molar-refractivity contribution in [2.24, 2.45) is 0 Å². The van der Waals surface area contributed by atoms with E-state index in [0.717, 1.165) is 0 Å². The van der Waals surface area contributed by atoms with Crippen LogP contribution in [0.2, 0.25) is 0 Å². The number of allylic oxidation sites excluding steroid dienone is 4. The van der Waals surface area contributed by atoms with Crippen molar-refractivity contribution in [3.8, 4) is 0 Å². The van der Waals surface area contributed by atoms with E-state index in [2.05, 4.69) is 78.3 Å². The smallest absolute Gasteiger partial charge is 1.00 e. The molecule has 24 heavy (non-hydrogen) atoms. The summed E-state index contributed by atoms with van der Waals surface area (Å²) in [6.07, 6.45) is 2.48. The van der Waals surface area contributed by atoms with Gasteiger partial charge in [0.2, 0.25) is 0 Å². The molecule has 2 aliphatic rings. The Balaban J connectivity index is 0.00000176. The third-order valence-corrected chi connectivity index (χ3v) is 7.25. The SMILES string of the molecule is CC1=C(C)[C]([Ti+3])(c2cccc3c2N(C)CCC3)C(C)=C1C.[Cl-].[Cl-].[Cl-]. The van der Waals surface area contributed by atoms with Crippen molar-refractivity contribution in [1.82, 2.24) is 0 Å². The Morgan fingerprint density at radius 1 is 0.958 bits per heavy atom. The van der Waals surface area contributed by atoms with Crippen LogP contribution in [-0.2, 0) is 30.6 Å². The van der Waals surface area contributed by atoms with Crippen molar-refractivity contribution in [1.29, 1.82) is 0 Å². The molecule has 0 saturated carbocycles. The van der Waals surface area contributed by atoms with Gasteiger partial charge in [-0.25, -0.2) is 0 Å². The minimum absolute atomic E-state index is 0. The fraction of sp³-hybridized carbons (Fsp3) is 0.474. The monoisotopic (exact) mass is 419 g/mol. The first-order valence-electron chi connectivity index (χ1n) is 7.83. The molecule has 0 aromatic heterocycles. The molecule has 130 valence electrons. The van der Waals surface area contributed by atoms with Gasteiger partial charge in [0.15, 0.2) is 0 Å². The summed E-state index contributed by atoms with van der Waals surface area (Å²) in [5.74, 6) is 0. The van der Waals surface area contributed by atoms with E-state index in [1.165, 1.54) is 58.5 Å². The number of halogens is 3. The molecule has 1 aliphatic heterocycles. The van der Waals surface area contributed by atoms with Gasteiger partial charge in [-0.05, 0) is 0 Å². The summed E-state index contributed by atoms with van der Waals surface area (Å²) in [6.45, 7) is 10.4. The van der Waals surface area contributed by atoms with Crippen molar-refractivity contribution >= 4 is 5.69 Å². The van der Waals surface area contributed by atoms with E-state index in [4.69, 9.17) is 0 Å². The number of hydrogen-bond acceptors (Lipinski definition) is 1.